The Morgan fingerprint density at radius 3 is 3.03 bits per heavy atom. The van der Waals surface area contributed by atoms with Crippen LogP contribution in [-0.4, -0.2) is 83.1 Å². The fourth-order valence-corrected chi connectivity index (χ4v) is 4.12. The predicted molar refractivity (Wildman–Crippen MR) is 145 cm³/mol. The molecule has 0 bridgehead atoms. The number of carboxylic acids is 1. The highest BCUT2D eigenvalue weighted by Gasteiger charge is 2.19. The molecule has 11 nitrogen and oxygen atoms in total. The van der Waals surface area contributed by atoms with Crippen LogP contribution in [0.25, 0.3) is 0 Å². The van der Waals surface area contributed by atoms with Gasteiger partial charge in [-0.2, -0.15) is 0 Å². The smallest absolute Gasteiger partial charge is 0.326 e. The van der Waals surface area contributed by atoms with Gasteiger partial charge in [-0.1, -0.05) is 6.07 Å². The number of hydrogen-bond acceptors (Lipinski definition) is 10. The molecule has 3 heterocycles. The van der Waals surface area contributed by atoms with Gasteiger partial charge in [0.1, 0.15) is 24.0 Å². The second-order valence-corrected chi connectivity index (χ2v) is 8.88. The van der Waals surface area contributed by atoms with Crippen molar-refractivity contribution in [2.75, 3.05) is 50.5 Å². The molecule has 5 N–H and O–H groups in total. The number of aryl methyl sites for hydroxylation is 2. The number of allylic oxidation sites excluding steroid dienone is 1. The summed E-state index contributed by atoms with van der Waals surface area (Å²) in [6.07, 6.45) is 11.4. The SMILES string of the molecule is COCCN(CCCCc1ccc2c(n1)NCCC2)CC[C@H](Nc1cc(N=CC=CN)ncn1)C(=O)O. The number of nitrogens with zero attached hydrogens (tertiary/aromatic N) is 5. The van der Waals surface area contributed by atoms with E-state index in [1.165, 1.54) is 24.3 Å². The summed E-state index contributed by atoms with van der Waals surface area (Å²) in [6.45, 7) is 3.80. The molecule has 0 amide bonds. The van der Waals surface area contributed by atoms with Gasteiger partial charge in [-0.3, -0.25) is 0 Å². The summed E-state index contributed by atoms with van der Waals surface area (Å²) in [6, 6.07) is 5.13. The number of carbonyl (C=O) groups is 1. The largest absolute Gasteiger partial charge is 0.480 e. The molecule has 1 aliphatic heterocycles. The van der Waals surface area contributed by atoms with Crippen LogP contribution in [-0.2, 0) is 22.4 Å². The van der Waals surface area contributed by atoms with Gasteiger partial charge in [0.15, 0.2) is 5.82 Å². The van der Waals surface area contributed by atoms with E-state index in [1.54, 1.807) is 19.3 Å². The van der Waals surface area contributed by atoms with Gasteiger partial charge in [-0.05, 0) is 69.0 Å². The number of aliphatic carboxylic acids is 1. The van der Waals surface area contributed by atoms with Crippen LogP contribution in [0.4, 0.5) is 17.5 Å². The number of unbranched alkanes of at least 4 members (excludes halogenated alkanes) is 1. The number of nitrogens with two attached hydrogens (primary N) is 1. The molecule has 0 spiro atoms. The third kappa shape index (κ3) is 9.77. The van der Waals surface area contributed by atoms with E-state index in [4.69, 9.17) is 15.5 Å². The minimum atomic E-state index is -0.937. The minimum absolute atomic E-state index is 0.404. The Morgan fingerprint density at radius 1 is 1.32 bits per heavy atom. The Hall–Kier alpha value is -3.57. The Morgan fingerprint density at radius 2 is 2.22 bits per heavy atom. The van der Waals surface area contributed by atoms with E-state index in [0.717, 1.165) is 63.3 Å². The molecule has 37 heavy (non-hydrogen) atoms. The fourth-order valence-electron chi connectivity index (χ4n) is 4.12. The third-order valence-electron chi connectivity index (χ3n) is 6.13. The van der Waals surface area contributed by atoms with E-state index in [0.29, 0.717) is 31.2 Å². The first kappa shape index (κ1) is 28.0. The van der Waals surface area contributed by atoms with Crippen LogP contribution < -0.4 is 16.4 Å². The molecule has 0 aromatic carbocycles. The molecular formula is C26H38N8O3. The van der Waals surface area contributed by atoms with Crippen LogP contribution in [0.3, 0.4) is 0 Å². The van der Waals surface area contributed by atoms with E-state index in [9.17, 15) is 9.90 Å². The lowest BCUT2D eigenvalue weighted by molar-refractivity contribution is -0.138. The van der Waals surface area contributed by atoms with Gasteiger partial charge >= 0.3 is 5.97 Å². The molecule has 1 atom stereocenters. The highest BCUT2D eigenvalue weighted by atomic mass is 16.5. The van der Waals surface area contributed by atoms with Crippen LogP contribution >= 0.6 is 0 Å². The van der Waals surface area contributed by atoms with Gasteiger partial charge in [0.2, 0.25) is 0 Å². The Balaban J connectivity index is 1.49. The third-order valence-corrected chi connectivity index (χ3v) is 6.13. The normalized spacial score (nSPS) is 14.1. The molecule has 200 valence electrons. The number of hydrogen-bond donors (Lipinski definition) is 4. The van der Waals surface area contributed by atoms with E-state index < -0.39 is 12.0 Å². The number of fused-ring (bicyclic) bond motifs is 1. The molecule has 1 aliphatic rings. The summed E-state index contributed by atoms with van der Waals surface area (Å²) in [5.74, 6) is 0.911. The van der Waals surface area contributed by atoms with Gasteiger partial charge in [-0.25, -0.2) is 24.7 Å². The molecule has 11 heteroatoms. The number of aliphatic imine (C=N–C) groups is 1. The van der Waals surface area contributed by atoms with Gasteiger partial charge in [-0.15, -0.1) is 0 Å². The summed E-state index contributed by atoms with van der Waals surface area (Å²) in [4.78, 5) is 31.3. The van der Waals surface area contributed by atoms with Crippen LogP contribution in [0.2, 0.25) is 0 Å². The number of anilines is 2. The summed E-state index contributed by atoms with van der Waals surface area (Å²) in [7, 11) is 1.67. The van der Waals surface area contributed by atoms with Crippen molar-refractivity contribution in [3.05, 3.63) is 48.1 Å². The number of aromatic nitrogens is 3. The Bertz CT molecular complexity index is 1050. The van der Waals surface area contributed by atoms with Crippen LogP contribution in [0, 0.1) is 0 Å². The van der Waals surface area contributed by atoms with Crippen molar-refractivity contribution in [3.63, 3.8) is 0 Å². The summed E-state index contributed by atoms with van der Waals surface area (Å²) >= 11 is 0. The molecule has 3 rings (SSSR count). The maximum atomic E-state index is 11.9. The van der Waals surface area contributed by atoms with Crippen LogP contribution in [0.15, 0.2) is 41.8 Å². The van der Waals surface area contributed by atoms with Crippen molar-refractivity contribution in [2.45, 2.75) is 44.6 Å². The second-order valence-electron chi connectivity index (χ2n) is 8.88. The lowest BCUT2D eigenvalue weighted by Crippen LogP contribution is -2.36. The van der Waals surface area contributed by atoms with Crippen molar-refractivity contribution in [2.24, 2.45) is 10.7 Å². The van der Waals surface area contributed by atoms with Crippen LogP contribution in [0.1, 0.15) is 36.9 Å². The van der Waals surface area contributed by atoms with Gasteiger partial charge in [0.25, 0.3) is 0 Å². The van der Waals surface area contributed by atoms with Crippen molar-refractivity contribution in [3.8, 4) is 0 Å². The quantitative estimate of drug-likeness (QED) is 0.196. The number of carboxylic acid groups (broad SMARTS) is 1. The van der Waals surface area contributed by atoms with Crippen molar-refractivity contribution in [1.29, 1.82) is 0 Å². The monoisotopic (exact) mass is 510 g/mol. The first-order valence-corrected chi connectivity index (χ1v) is 12.8. The van der Waals surface area contributed by atoms with Crippen molar-refractivity contribution >= 4 is 29.6 Å². The molecule has 0 saturated heterocycles. The van der Waals surface area contributed by atoms with Crippen molar-refractivity contribution in [1.82, 2.24) is 19.9 Å². The zero-order chi connectivity index (χ0) is 26.3. The second kappa shape index (κ2) is 15.5. The number of methoxy groups -OCH3 is 1. The van der Waals surface area contributed by atoms with E-state index >= 15 is 0 Å². The van der Waals surface area contributed by atoms with Crippen molar-refractivity contribution < 1.29 is 14.6 Å². The number of nitrogens with one attached hydrogen (secondary N) is 2. The fraction of sp³-hybridized carbons (Fsp3) is 0.500. The summed E-state index contributed by atoms with van der Waals surface area (Å²) in [5, 5.41) is 16.2. The zero-order valence-corrected chi connectivity index (χ0v) is 21.5. The molecule has 2 aromatic heterocycles. The first-order chi connectivity index (χ1) is 18.1. The molecule has 0 saturated carbocycles. The average Bonchev–Trinajstić information content (AvgIpc) is 2.91. The average molecular weight is 511 g/mol. The predicted octanol–water partition coefficient (Wildman–Crippen LogP) is 2.63. The number of pyridine rings is 1. The maximum absolute atomic E-state index is 11.9. The molecule has 2 aromatic rings. The van der Waals surface area contributed by atoms with Gasteiger partial charge in [0.05, 0.1) is 6.61 Å². The lowest BCUT2D eigenvalue weighted by atomic mass is 10.1. The standard InChI is InChI=1S/C26H38N8O3/c1-37-17-16-34(14-3-2-7-21-9-8-20-6-4-12-29-25(20)32-21)15-10-22(26(35)36)33-24-18-23(30-19-31-24)28-13-5-11-27/h5,8-9,11,13,18-19,22H,2-4,6-7,10,12,14-17,27H2,1H3,(H,29,32)(H,35,36)(H,30,31,33)/t22-/m0/s1. The molecule has 0 aliphatic carbocycles. The summed E-state index contributed by atoms with van der Waals surface area (Å²) in [5.41, 5.74) is 7.71. The number of rotatable bonds is 16. The highest BCUT2D eigenvalue weighted by molar-refractivity contribution is 5.77. The lowest BCUT2D eigenvalue weighted by Gasteiger charge is -2.24. The van der Waals surface area contributed by atoms with Gasteiger partial charge in [0, 0.05) is 44.7 Å². The zero-order valence-electron chi connectivity index (χ0n) is 21.5. The molecule has 0 unspecified atom stereocenters. The topological polar surface area (TPSA) is 151 Å². The Labute approximate surface area is 218 Å². The Kier molecular flexibility index (Phi) is 11.7. The van der Waals surface area contributed by atoms with Crippen LogP contribution in [0.5, 0.6) is 0 Å². The van der Waals surface area contributed by atoms with Gasteiger partial charge < -0.3 is 31.1 Å². The van der Waals surface area contributed by atoms with E-state index in [-0.39, 0.29) is 0 Å². The molecule has 0 fully saturated rings. The maximum Gasteiger partial charge on any atom is 0.326 e. The number of ether oxygens (including phenoxy) is 1. The summed E-state index contributed by atoms with van der Waals surface area (Å²) < 4.78 is 5.27. The first-order valence-electron chi connectivity index (χ1n) is 12.8. The molecular weight excluding hydrogens is 472 g/mol. The highest BCUT2D eigenvalue weighted by Crippen LogP contribution is 2.20. The minimum Gasteiger partial charge on any atom is -0.480 e. The molecule has 0 radical (unpaired) electrons. The van der Waals surface area contributed by atoms with E-state index in [2.05, 4.69) is 42.6 Å². The van der Waals surface area contributed by atoms with E-state index in [1.807, 2.05) is 0 Å².